The quantitative estimate of drug-likeness (QED) is 0.723. The predicted molar refractivity (Wildman–Crippen MR) is 88.7 cm³/mol. The minimum absolute atomic E-state index is 0.00569. The summed E-state index contributed by atoms with van der Waals surface area (Å²) in [5.41, 5.74) is 4.45. The molecule has 24 heavy (non-hydrogen) atoms. The summed E-state index contributed by atoms with van der Waals surface area (Å²) in [5, 5.41) is 8.75. The highest BCUT2D eigenvalue weighted by atomic mass is 16.2. The van der Waals surface area contributed by atoms with Gasteiger partial charge in [-0.2, -0.15) is 10.2 Å². The molecule has 124 valence electrons. The van der Waals surface area contributed by atoms with Crippen LogP contribution in [0.15, 0.2) is 24.7 Å². The molecule has 0 aliphatic carbocycles. The molecule has 0 N–H and O–H groups in total. The van der Waals surface area contributed by atoms with Gasteiger partial charge in [0.2, 0.25) is 0 Å². The lowest BCUT2D eigenvalue weighted by atomic mass is 10.0. The van der Waals surface area contributed by atoms with E-state index in [0.717, 1.165) is 30.8 Å². The van der Waals surface area contributed by atoms with Crippen molar-refractivity contribution < 1.29 is 4.79 Å². The fourth-order valence-corrected chi connectivity index (χ4v) is 3.71. The van der Waals surface area contributed by atoms with Crippen molar-refractivity contribution in [1.82, 2.24) is 29.3 Å². The minimum atomic E-state index is -0.00569. The van der Waals surface area contributed by atoms with Crippen LogP contribution in [0.1, 0.15) is 46.2 Å². The van der Waals surface area contributed by atoms with E-state index >= 15 is 0 Å². The van der Waals surface area contributed by atoms with Crippen LogP contribution in [0.4, 0.5) is 0 Å². The lowest BCUT2D eigenvalue weighted by molar-refractivity contribution is 0.0736. The van der Waals surface area contributed by atoms with Crippen LogP contribution in [-0.2, 0) is 7.05 Å². The zero-order valence-electron chi connectivity index (χ0n) is 14.1. The van der Waals surface area contributed by atoms with E-state index in [1.54, 1.807) is 29.2 Å². The molecule has 1 aliphatic heterocycles. The van der Waals surface area contributed by atoms with Gasteiger partial charge in [0, 0.05) is 37.2 Å². The molecule has 1 saturated heterocycles. The minimum Gasteiger partial charge on any atom is -0.331 e. The number of carbonyl (C=O) groups excluding carboxylic acids is 1. The van der Waals surface area contributed by atoms with Gasteiger partial charge in [-0.3, -0.25) is 9.48 Å². The molecule has 4 rings (SSSR count). The van der Waals surface area contributed by atoms with E-state index in [1.165, 1.54) is 5.56 Å². The number of aryl methyl sites for hydroxylation is 2. The Morgan fingerprint density at radius 1 is 1.33 bits per heavy atom. The second kappa shape index (κ2) is 5.43. The summed E-state index contributed by atoms with van der Waals surface area (Å²) in [7, 11) is 1.95. The molecule has 3 aromatic rings. The number of amides is 1. The largest absolute Gasteiger partial charge is 0.331 e. The number of likely N-dealkylation sites (tertiary alicyclic amines) is 1. The Kier molecular flexibility index (Phi) is 3.37. The SMILES string of the molecule is Cc1nn(C)c(C)c1[C@H]1CCCN1C(=O)c1cnn2cccnc12. The highest BCUT2D eigenvalue weighted by molar-refractivity contribution is 6.00. The van der Waals surface area contributed by atoms with Crippen LogP contribution in [0.2, 0.25) is 0 Å². The molecule has 1 atom stereocenters. The zero-order valence-corrected chi connectivity index (χ0v) is 14.1. The first-order valence-electron chi connectivity index (χ1n) is 8.17. The van der Waals surface area contributed by atoms with Gasteiger partial charge in [-0.05, 0) is 32.8 Å². The molecule has 0 bridgehead atoms. The molecule has 7 heteroatoms. The van der Waals surface area contributed by atoms with E-state index < -0.39 is 0 Å². The Morgan fingerprint density at radius 2 is 2.17 bits per heavy atom. The highest BCUT2D eigenvalue weighted by Crippen LogP contribution is 2.36. The molecule has 1 amide bonds. The van der Waals surface area contributed by atoms with Crippen LogP contribution in [0.5, 0.6) is 0 Å². The van der Waals surface area contributed by atoms with Gasteiger partial charge < -0.3 is 4.90 Å². The van der Waals surface area contributed by atoms with Crippen molar-refractivity contribution in [2.75, 3.05) is 6.54 Å². The van der Waals surface area contributed by atoms with Crippen molar-refractivity contribution in [3.63, 3.8) is 0 Å². The van der Waals surface area contributed by atoms with Gasteiger partial charge >= 0.3 is 0 Å². The van der Waals surface area contributed by atoms with Crippen LogP contribution >= 0.6 is 0 Å². The number of rotatable bonds is 2. The topological polar surface area (TPSA) is 68.3 Å². The van der Waals surface area contributed by atoms with Gasteiger partial charge in [-0.25, -0.2) is 9.50 Å². The number of aromatic nitrogens is 5. The monoisotopic (exact) mass is 324 g/mol. The summed E-state index contributed by atoms with van der Waals surface area (Å²) in [6, 6.07) is 1.87. The zero-order chi connectivity index (χ0) is 16.8. The molecule has 0 aromatic carbocycles. The average Bonchev–Trinajstić information content (AvgIpc) is 3.26. The maximum absolute atomic E-state index is 13.1. The van der Waals surface area contributed by atoms with E-state index in [4.69, 9.17) is 0 Å². The summed E-state index contributed by atoms with van der Waals surface area (Å²) in [6.07, 6.45) is 7.06. The van der Waals surface area contributed by atoms with Gasteiger partial charge in [-0.1, -0.05) is 0 Å². The number of hydrogen-bond donors (Lipinski definition) is 0. The van der Waals surface area contributed by atoms with Crippen molar-refractivity contribution in [3.05, 3.63) is 47.2 Å². The second-order valence-electron chi connectivity index (χ2n) is 6.31. The fourth-order valence-electron chi connectivity index (χ4n) is 3.71. The lowest BCUT2D eigenvalue weighted by Crippen LogP contribution is -2.31. The molecule has 0 spiro atoms. The number of nitrogens with zero attached hydrogens (tertiary/aromatic N) is 6. The lowest BCUT2D eigenvalue weighted by Gasteiger charge is -2.25. The molecule has 7 nitrogen and oxygen atoms in total. The van der Waals surface area contributed by atoms with Crippen LogP contribution in [0.3, 0.4) is 0 Å². The second-order valence-corrected chi connectivity index (χ2v) is 6.31. The molecule has 0 saturated carbocycles. The van der Waals surface area contributed by atoms with Gasteiger partial charge in [-0.15, -0.1) is 0 Å². The summed E-state index contributed by atoms with van der Waals surface area (Å²) in [5.74, 6) is -0.00569. The van der Waals surface area contributed by atoms with Gasteiger partial charge in [0.05, 0.1) is 17.9 Å². The first kappa shape index (κ1) is 14.9. The van der Waals surface area contributed by atoms with E-state index in [2.05, 4.69) is 22.1 Å². The van der Waals surface area contributed by atoms with Crippen molar-refractivity contribution in [2.45, 2.75) is 32.7 Å². The van der Waals surface area contributed by atoms with E-state index in [9.17, 15) is 4.79 Å². The van der Waals surface area contributed by atoms with E-state index in [0.29, 0.717) is 11.2 Å². The molecule has 4 heterocycles. The molecular formula is C17H20N6O. The first-order chi connectivity index (χ1) is 11.6. The third-order valence-corrected chi connectivity index (χ3v) is 4.92. The van der Waals surface area contributed by atoms with Crippen molar-refractivity contribution in [3.8, 4) is 0 Å². The molecule has 0 unspecified atom stereocenters. The van der Waals surface area contributed by atoms with Crippen molar-refractivity contribution >= 4 is 11.6 Å². The first-order valence-corrected chi connectivity index (χ1v) is 8.17. The Bertz CT molecular complexity index is 924. The Balaban J connectivity index is 1.74. The van der Waals surface area contributed by atoms with Gasteiger partial charge in [0.25, 0.3) is 5.91 Å². The molecule has 0 radical (unpaired) electrons. The van der Waals surface area contributed by atoms with Crippen LogP contribution in [0, 0.1) is 13.8 Å². The van der Waals surface area contributed by atoms with Crippen LogP contribution in [0.25, 0.3) is 5.65 Å². The molecule has 1 fully saturated rings. The van der Waals surface area contributed by atoms with Crippen molar-refractivity contribution in [1.29, 1.82) is 0 Å². The third-order valence-electron chi connectivity index (χ3n) is 4.92. The van der Waals surface area contributed by atoms with Crippen LogP contribution < -0.4 is 0 Å². The number of fused-ring (bicyclic) bond motifs is 1. The molecular weight excluding hydrogens is 304 g/mol. The number of hydrogen-bond acceptors (Lipinski definition) is 4. The van der Waals surface area contributed by atoms with Crippen LogP contribution in [-0.4, -0.2) is 41.7 Å². The normalized spacial score (nSPS) is 17.8. The summed E-state index contributed by atoms with van der Waals surface area (Å²) >= 11 is 0. The summed E-state index contributed by atoms with van der Waals surface area (Å²) < 4.78 is 3.53. The average molecular weight is 324 g/mol. The Hall–Kier alpha value is -2.70. The van der Waals surface area contributed by atoms with Gasteiger partial charge in [0.1, 0.15) is 5.56 Å². The van der Waals surface area contributed by atoms with Crippen molar-refractivity contribution in [2.24, 2.45) is 7.05 Å². The summed E-state index contributed by atoms with van der Waals surface area (Å²) in [4.78, 5) is 19.4. The Labute approximate surface area is 139 Å². The molecule has 1 aliphatic rings. The maximum Gasteiger partial charge on any atom is 0.259 e. The highest BCUT2D eigenvalue weighted by Gasteiger charge is 2.35. The standard InChI is InChI=1S/C17H20N6O/c1-11-15(12(2)21(3)20-11)14-6-4-8-22(14)17(24)13-10-19-23-9-5-7-18-16(13)23/h5,7,9-10,14H,4,6,8H2,1-3H3/t14-/m1/s1. The third kappa shape index (κ3) is 2.11. The fraction of sp³-hybridized carbons (Fsp3) is 0.412. The predicted octanol–water partition coefficient (Wildman–Crippen LogP) is 2.06. The maximum atomic E-state index is 13.1. The van der Waals surface area contributed by atoms with E-state index in [1.807, 2.05) is 23.6 Å². The smallest absolute Gasteiger partial charge is 0.259 e. The number of carbonyl (C=O) groups is 1. The van der Waals surface area contributed by atoms with E-state index in [-0.39, 0.29) is 11.9 Å². The van der Waals surface area contributed by atoms with Gasteiger partial charge in [0.15, 0.2) is 5.65 Å². The summed E-state index contributed by atoms with van der Waals surface area (Å²) in [6.45, 7) is 4.83. The Morgan fingerprint density at radius 3 is 2.92 bits per heavy atom. The molecule has 3 aromatic heterocycles.